The number of hydrogen-bond acceptors (Lipinski definition) is 4. The highest BCUT2D eigenvalue weighted by atomic mass is 16.5. The van der Waals surface area contributed by atoms with Crippen molar-refractivity contribution in [1.82, 2.24) is 9.97 Å². The van der Waals surface area contributed by atoms with Crippen molar-refractivity contribution in [2.75, 3.05) is 0 Å². The van der Waals surface area contributed by atoms with E-state index in [-0.39, 0.29) is 0 Å². The number of hydrogen-bond donors (Lipinski definition) is 0. The minimum Gasteiger partial charge on any atom is -0.487 e. The first-order chi connectivity index (χ1) is 13.8. The summed E-state index contributed by atoms with van der Waals surface area (Å²) < 4.78 is 5.85. The van der Waals surface area contributed by atoms with Gasteiger partial charge in [0.05, 0.1) is 11.2 Å². The van der Waals surface area contributed by atoms with Crippen LogP contribution in [0.2, 0.25) is 0 Å². The number of carbonyl (C=O) groups is 1. The lowest BCUT2D eigenvalue weighted by Crippen LogP contribution is -1.98. The molecule has 0 saturated carbocycles. The Morgan fingerprint density at radius 2 is 1.68 bits per heavy atom. The van der Waals surface area contributed by atoms with E-state index in [1.165, 1.54) is 0 Å². The van der Waals surface area contributed by atoms with Gasteiger partial charge in [0.15, 0.2) is 6.29 Å². The molecule has 0 spiro atoms. The van der Waals surface area contributed by atoms with Crippen LogP contribution in [0.3, 0.4) is 0 Å². The number of para-hydroxylation sites is 1. The van der Waals surface area contributed by atoms with Crippen LogP contribution in [-0.4, -0.2) is 16.3 Å². The zero-order chi connectivity index (χ0) is 19.2. The Hall–Kier alpha value is -3.79. The standard InChI is InChI=1S/C24H18N2O2/c27-16-21(15-18-11-13-25-14-12-18)19-6-9-23(10-7-19)28-17-22-8-5-20-3-1-2-4-24(20)26-22/h1-16H,17H2/b21-15-. The van der Waals surface area contributed by atoms with Gasteiger partial charge in [0.25, 0.3) is 0 Å². The number of pyridine rings is 2. The van der Waals surface area contributed by atoms with Gasteiger partial charge in [-0.2, -0.15) is 0 Å². The van der Waals surface area contributed by atoms with Crippen LogP contribution in [0.5, 0.6) is 5.75 Å². The van der Waals surface area contributed by atoms with Crippen LogP contribution < -0.4 is 4.74 Å². The number of rotatable bonds is 6. The Morgan fingerprint density at radius 1 is 0.893 bits per heavy atom. The van der Waals surface area contributed by atoms with E-state index in [9.17, 15) is 4.79 Å². The Bertz CT molecular complexity index is 1120. The minimum atomic E-state index is 0.386. The summed E-state index contributed by atoms with van der Waals surface area (Å²) >= 11 is 0. The predicted molar refractivity (Wildman–Crippen MR) is 111 cm³/mol. The Labute approximate surface area is 163 Å². The van der Waals surface area contributed by atoms with Crippen molar-refractivity contribution in [1.29, 1.82) is 0 Å². The molecule has 0 aliphatic heterocycles. The molecular weight excluding hydrogens is 348 g/mol. The van der Waals surface area contributed by atoms with Gasteiger partial charge in [0.2, 0.25) is 0 Å². The summed E-state index contributed by atoms with van der Waals surface area (Å²) in [7, 11) is 0. The number of ether oxygens (including phenoxy) is 1. The van der Waals surface area contributed by atoms with Gasteiger partial charge in [-0.1, -0.05) is 36.4 Å². The molecule has 0 aliphatic carbocycles. The first kappa shape index (κ1) is 17.6. The third-order valence-electron chi connectivity index (χ3n) is 4.39. The molecule has 0 unspecified atom stereocenters. The van der Waals surface area contributed by atoms with E-state index in [1.54, 1.807) is 12.4 Å². The topological polar surface area (TPSA) is 52.1 Å². The first-order valence-electron chi connectivity index (χ1n) is 8.97. The van der Waals surface area contributed by atoms with Gasteiger partial charge in [-0.05, 0) is 53.6 Å². The molecule has 4 nitrogen and oxygen atoms in total. The maximum Gasteiger partial charge on any atom is 0.150 e. The molecule has 4 heteroatoms. The summed E-state index contributed by atoms with van der Waals surface area (Å²) in [4.78, 5) is 20.1. The number of allylic oxidation sites excluding steroid dienone is 1. The lowest BCUT2D eigenvalue weighted by Gasteiger charge is -2.08. The molecule has 4 rings (SSSR count). The van der Waals surface area contributed by atoms with Gasteiger partial charge in [0.1, 0.15) is 12.4 Å². The van der Waals surface area contributed by atoms with Crippen molar-refractivity contribution < 1.29 is 9.53 Å². The van der Waals surface area contributed by atoms with Crippen LogP contribution in [0, 0.1) is 0 Å². The molecule has 0 N–H and O–H groups in total. The Kier molecular flexibility index (Phi) is 5.20. The molecule has 28 heavy (non-hydrogen) atoms. The molecule has 4 aromatic rings. The highest BCUT2D eigenvalue weighted by Crippen LogP contribution is 2.21. The van der Waals surface area contributed by atoms with E-state index in [0.717, 1.165) is 39.8 Å². The molecule has 2 aromatic carbocycles. The first-order valence-corrected chi connectivity index (χ1v) is 8.97. The summed E-state index contributed by atoms with van der Waals surface area (Å²) in [5, 5.41) is 1.11. The second-order valence-corrected chi connectivity index (χ2v) is 6.31. The van der Waals surface area contributed by atoms with Crippen molar-refractivity contribution in [3.05, 3.63) is 102 Å². The molecule has 0 aliphatic rings. The summed E-state index contributed by atoms with van der Waals surface area (Å²) in [6.07, 6.45) is 6.09. The second kappa shape index (κ2) is 8.27. The molecule has 0 atom stereocenters. The molecule has 2 heterocycles. The van der Waals surface area contributed by atoms with Crippen LogP contribution in [-0.2, 0) is 11.4 Å². The van der Waals surface area contributed by atoms with E-state index in [4.69, 9.17) is 4.74 Å². The van der Waals surface area contributed by atoms with Gasteiger partial charge in [-0.25, -0.2) is 4.98 Å². The SMILES string of the molecule is O=C/C(=C/c1ccncc1)c1ccc(OCc2ccc3ccccc3n2)cc1. The lowest BCUT2D eigenvalue weighted by molar-refractivity contribution is -0.103. The van der Waals surface area contributed by atoms with Crippen LogP contribution in [0.25, 0.3) is 22.6 Å². The average Bonchev–Trinajstić information content (AvgIpc) is 2.77. The zero-order valence-corrected chi connectivity index (χ0v) is 15.2. The normalized spacial score (nSPS) is 11.4. The van der Waals surface area contributed by atoms with Crippen LogP contribution >= 0.6 is 0 Å². The number of aromatic nitrogens is 2. The maximum absolute atomic E-state index is 11.5. The molecule has 0 fully saturated rings. The smallest absolute Gasteiger partial charge is 0.150 e. The van der Waals surface area contributed by atoms with E-state index in [1.807, 2.05) is 78.9 Å². The molecule has 0 saturated heterocycles. The third-order valence-corrected chi connectivity index (χ3v) is 4.39. The van der Waals surface area contributed by atoms with Gasteiger partial charge in [-0.3, -0.25) is 9.78 Å². The third kappa shape index (κ3) is 4.13. The fraction of sp³-hybridized carbons (Fsp3) is 0.0417. The van der Waals surface area contributed by atoms with Crippen molar-refractivity contribution >= 4 is 28.8 Å². The maximum atomic E-state index is 11.5. The fourth-order valence-corrected chi connectivity index (χ4v) is 2.91. The highest BCUT2D eigenvalue weighted by molar-refractivity contribution is 6.13. The minimum absolute atomic E-state index is 0.386. The molecular formula is C24H18N2O2. The second-order valence-electron chi connectivity index (χ2n) is 6.31. The largest absolute Gasteiger partial charge is 0.487 e. The average molecular weight is 366 g/mol. The number of nitrogens with zero attached hydrogens (tertiary/aromatic N) is 2. The molecule has 0 radical (unpaired) electrons. The Morgan fingerprint density at radius 3 is 2.46 bits per heavy atom. The van der Waals surface area contributed by atoms with Gasteiger partial charge >= 0.3 is 0 Å². The zero-order valence-electron chi connectivity index (χ0n) is 15.2. The van der Waals surface area contributed by atoms with Gasteiger partial charge in [-0.15, -0.1) is 0 Å². The van der Waals surface area contributed by atoms with E-state index >= 15 is 0 Å². The molecule has 2 aromatic heterocycles. The van der Waals surface area contributed by atoms with E-state index in [2.05, 4.69) is 9.97 Å². The van der Waals surface area contributed by atoms with Gasteiger partial charge in [0, 0.05) is 23.4 Å². The molecule has 0 bridgehead atoms. The van der Waals surface area contributed by atoms with Crippen LogP contribution in [0.4, 0.5) is 0 Å². The summed E-state index contributed by atoms with van der Waals surface area (Å²) in [5.74, 6) is 0.730. The van der Waals surface area contributed by atoms with Crippen molar-refractivity contribution in [2.45, 2.75) is 6.61 Å². The van der Waals surface area contributed by atoms with Gasteiger partial charge < -0.3 is 4.74 Å². The quantitative estimate of drug-likeness (QED) is 0.358. The number of carbonyl (C=O) groups excluding carboxylic acids is 1. The summed E-state index contributed by atoms with van der Waals surface area (Å²) in [6, 6.07) is 23.2. The van der Waals surface area contributed by atoms with E-state index < -0.39 is 0 Å². The fourth-order valence-electron chi connectivity index (χ4n) is 2.91. The number of benzene rings is 2. The van der Waals surface area contributed by atoms with Crippen molar-refractivity contribution in [2.24, 2.45) is 0 Å². The summed E-state index contributed by atoms with van der Waals surface area (Å²) in [6.45, 7) is 0.386. The van der Waals surface area contributed by atoms with Crippen molar-refractivity contribution in [3.63, 3.8) is 0 Å². The number of fused-ring (bicyclic) bond motifs is 1. The Balaban J connectivity index is 1.46. The molecule has 0 amide bonds. The number of aldehydes is 1. The van der Waals surface area contributed by atoms with Crippen LogP contribution in [0.15, 0.2) is 85.2 Å². The lowest BCUT2D eigenvalue weighted by atomic mass is 10.0. The monoisotopic (exact) mass is 366 g/mol. The van der Waals surface area contributed by atoms with E-state index in [0.29, 0.717) is 12.2 Å². The predicted octanol–water partition coefficient (Wildman–Crippen LogP) is 4.95. The van der Waals surface area contributed by atoms with Crippen LogP contribution in [0.1, 0.15) is 16.8 Å². The highest BCUT2D eigenvalue weighted by Gasteiger charge is 2.03. The summed E-state index contributed by atoms with van der Waals surface area (Å²) in [5.41, 5.74) is 4.20. The molecule has 136 valence electrons. The van der Waals surface area contributed by atoms with Crippen molar-refractivity contribution in [3.8, 4) is 5.75 Å².